The van der Waals surface area contributed by atoms with Crippen molar-refractivity contribution >= 4 is 0 Å². The second-order valence-corrected chi connectivity index (χ2v) is 5.95. The van der Waals surface area contributed by atoms with Gasteiger partial charge in [-0.25, -0.2) is 0 Å². The molecule has 0 aromatic heterocycles. The second-order valence-electron chi connectivity index (χ2n) is 5.95. The molecule has 1 fully saturated rings. The fourth-order valence-electron chi connectivity index (χ4n) is 3.57. The first-order valence-corrected chi connectivity index (χ1v) is 6.94. The molecule has 0 spiro atoms. The minimum absolute atomic E-state index is 0.360. The first-order valence-electron chi connectivity index (χ1n) is 6.94. The molecule has 0 bridgehead atoms. The van der Waals surface area contributed by atoms with Gasteiger partial charge in [0.25, 0.3) is 0 Å². The molecule has 1 aromatic carbocycles. The molecule has 0 radical (unpaired) electrons. The van der Waals surface area contributed by atoms with E-state index in [2.05, 4.69) is 38.2 Å². The fraction of sp³-hybridized carbons (Fsp3) is 0.625. The molecule has 0 aliphatic carbocycles. The third kappa shape index (κ3) is 2.45. The highest BCUT2D eigenvalue weighted by Gasteiger charge is 2.36. The number of nitrogens with one attached hydrogen (secondary N) is 1. The van der Waals surface area contributed by atoms with E-state index in [0.717, 1.165) is 31.5 Å². The molecule has 2 N–H and O–H groups in total. The highest BCUT2D eigenvalue weighted by molar-refractivity contribution is 5.41. The van der Waals surface area contributed by atoms with Gasteiger partial charge in [-0.05, 0) is 76.2 Å². The van der Waals surface area contributed by atoms with Crippen molar-refractivity contribution in [3.8, 4) is 0 Å². The van der Waals surface area contributed by atoms with Crippen LogP contribution in [-0.2, 0) is 5.60 Å². The Balaban J connectivity index is 2.39. The van der Waals surface area contributed by atoms with Crippen molar-refractivity contribution < 1.29 is 5.11 Å². The Labute approximate surface area is 110 Å². The van der Waals surface area contributed by atoms with Gasteiger partial charge in [0.2, 0.25) is 0 Å². The summed E-state index contributed by atoms with van der Waals surface area (Å²) in [5, 5.41) is 14.4. The summed E-state index contributed by atoms with van der Waals surface area (Å²) >= 11 is 0. The zero-order valence-corrected chi connectivity index (χ0v) is 12.0. The summed E-state index contributed by atoms with van der Waals surface area (Å²) in [6.45, 7) is 10.4. The van der Waals surface area contributed by atoms with Crippen molar-refractivity contribution in [3.05, 3.63) is 34.4 Å². The summed E-state index contributed by atoms with van der Waals surface area (Å²) in [4.78, 5) is 0. The van der Waals surface area contributed by atoms with Crippen LogP contribution >= 0.6 is 0 Å². The van der Waals surface area contributed by atoms with E-state index in [1.807, 2.05) is 6.92 Å². The highest BCUT2D eigenvalue weighted by Crippen LogP contribution is 2.38. The van der Waals surface area contributed by atoms with Gasteiger partial charge in [-0.1, -0.05) is 17.7 Å². The van der Waals surface area contributed by atoms with Crippen LogP contribution in [0.3, 0.4) is 0 Å². The van der Waals surface area contributed by atoms with Crippen LogP contribution in [0.2, 0.25) is 0 Å². The fourth-order valence-corrected chi connectivity index (χ4v) is 3.57. The van der Waals surface area contributed by atoms with Crippen molar-refractivity contribution in [2.75, 3.05) is 13.1 Å². The van der Waals surface area contributed by atoms with E-state index in [9.17, 15) is 5.11 Å². The summed E-state index contributed by atoms with van der Waals surface area (Å²) in [6, 6.07) is 4.36. The maximum Gasteiger partial charge on any atom is 0.0902 e. The standard InChI is InChI=1S/C16H25NO/c1-11-9-12(2)15(13(3)10-11)16(4,18)14-5-7-17-8-6-14/h9-10,14,17-18H,5-8H2,1-4H3. The molecule has 18 heavy (non-hydrogen) atoms. The molecule has 2 heteroatoms. The molecule has 1 aromatic rings. The Morgan fingerprint density at radius 1 is 1.11 bits per heavy atom. The summed E-state index contributed by atoms with van der Waals surface area (Å²) in [7, 11) is 0. The summed E-state index contributed by atoms with van der Waals surface area (Å²) in [5.41, 5.74) is 4.14. The Hall–Kier alpha value is -0.860. The molecule has 1 heterocycles. The van der Waals surface area contributed by atoms with Crippen molar-refractivity contribution in [1.82, 2.24) is 5.32 Å². The number of benzene rings is 1. The summed E-state index contributed by atoms with van der Waals surface area (Å²) < 4.78 is 0. The van der Waals surface area contributed by atoms with E-state index >= 15 is 0 Å². The monoisotopic (exact) mass is 247 g/mol. The molecule has 1 unspecified atom stereocenters. The lowest BCUT2D eigenvalue weighted by Crippen LogP contribution is -2.40. The van der Waals surface area contributed by atoms with Crippen LogP contribution in [-0.4, -0.2) is 18.2 Å². The molecule has 0 amide bonds. The topological polar surface area (TPSA) is 32.3 Å². The minimum Gasteiger partial charge on any atom is -0.385 e. The largest absolute Gasteiger partial charge is 0.385 e. The molecule has 2 nitrogen and oxygen atoms in total. The minimum atomic E-state index is -0.704. The lowest BCUT2D eigenvalue weighted by molar-refractivity contribution is -0.0196. The molecule has 1 aliphatic rings. The van der Waals surface area contributed by atoms with Crippen molar-refractivity contribution in [2.24, 2.45) is 5.92 Å². The second kappa shape index (κ2) is 5.02. The molecule has 0 saturated carbocycles. The van der Waals surface area contributed by atoms with E-state index in [0.29, 0.717) is 5.92 Å². The Kier molecular flexibility index (Phi) is 3.79. The van der Waals surface area contributed by atoms with Gasteiger partial charge in [0.05, 0.1) is 5.60 Å². The van der Waals surface area contributed by atoms with Crippen molar-refractivity contribution in [2.45, 2.75) is 46.1 Å². The quantitative estimate of drug-likeness (QED) is 0.842. The van der Waals surface area contributed by atoms with Crippen molar-refractivity contribution in [3.63, 3.8) is 0 Å². The number of hydrogen-bond acceptors (Lipinski definition) is 2. The smallest absolute Gasteiger partial charge is 0.0902 e. The first kappa shape index (κ1) is 13.6. The van der Waals surface area contributed by atoms with E-state index in [1.165, 1.54) is 16.7 Å². The zero-order valence-electron chi connectivity index (χ0n) is 12.0. The summed E-state index contributed by atoms with van der Waals surface area (Å²) in [6.07, 6.45) is 2.11. The number of aryl methyl sites for hydroxylation is 3. The number of piperidine rings is 1. The zero-order chi connectivity index (χ0) is 13.3. The molecule has 1 atom stereocenters. The van der Waals surface area contributed by atoms with Crippen LogP contribution in [0, 0.1) is 26.7 Å². The highest BCUT2D eigenvalue weighted by atomic mass is 16.3. The normalized spacial score (nSPS) is 20.7. The van der Waals surface area contributed by atoms with Gasteiger partial charge in [0, 0.05) is 0 Å². The third-order valence-electron chi connectivity index (χ3n) is 4.32. The van der Waals surface area contributed by atoms with Crippen LogP contribution in [0.15, 0.2) is 12.1 Å². The average Bonchev–Trinajstić information content (AvgIpc) is 2.28. The van der Waals surface area contributed by atoms with Gasteiger partial charge in [-0.15, -0.1) is 0 Å². The lowest BCUT2D eigenvalue weighted by Gasteiger charge is -2.38. The average molecular weight is 247 g/mol. The number of rotatable bonds is 2. The van der Waals surface area contributed by atoms with Crippen LogP contribution in [0.1, 0.15) is 42.0 Å². The predicted molar refractivity (Wildman–Crippen MR) is 75.8 cm³/mol. The van der Waals surface area contributed by atoms with Gasteiger partial charge in [-0.3, -0.25) is 0 Å². The number of aliphatic hydroxyl groups is 1. The van der Waals surface area contributed by atoms with Gasteiger partial charge in [0.1, 0.15) is 0 Å². The molecular formula is C16H25NO. The van der Waals surface area contributed by atoms with Gasteiger partial charge >= 0.3 is 0 Å². The van der Waals surface area contributed by atoms with Crippen LogP contribution in [0.25, 0.3) is 0 Å². The Bertz CT molecular complexity index is 408. The summed E-state index contributed by atoms with van der Waals surface area (Å²) in [5.74, 6) is 0.360. The first-order chi connectivity index (χ1) is 8.43. The third-order valence-corrected chi connectivity index (χ3v) is 4.32. The van der Waals surface area contributed by atoms with E-state index in [4.69, 9.17) is 0 Å². The van der Waals surface area contributed by atoms with E-state index in [1.54, 1.807) is 0 Å². The van der Waals surface area contributed by atoms with Crippen LogP contribution in [0.4, 0.5) is 0 Å². The molecule has 2 rings (SSSR count). The van der Waals surface area contributed by atoms with Gasteiger partial charge < -0.3 is 10.4 Å². The van der Waals surface area contributed by atoms with Crippen LogP contribution < -0.4 is 5.32 Å². The van der Waals surface area contributed by atoms with Crippen LogP contribution in [0.5, 0.6) is 0 Å². The Morgan fingerprint density at radius 2 is 1.61 bits per heavy atom. The lowest BCUT2D eigenvalue weighted by atomic mass is 9.74. The maximum absolute atomic E-state index is 11.0. The maximum atomic E-state index is 11.0. The predicted octanol–water partition coefficient (Wildman–Crippen LogP) is 2.82. The van der Waals surface area contributed by atoms with Crippen molar-refractivity contribution in [1.29, 1.82) is 0 Å². The molecule has 1 aliphatic heterocycles. The Morgan fingerprint density at radius 3 is 2.11 bits per heavy atom. The molecule has 1 saturated heterocycles. The SMILES string of the molecule is Cc1cc(C)c(C(C)(O)C2CCNCC2)c(C)c1. The number of hydrogen-bond donors (Lipinski definition) is 2. The van der Waals surface area contributed by atoms with Gasteiger partial charge in [0.15, 0.2) is 0 Å². The van der Waals surface area contributed by atoms with E-state index in [-0.39, 0.29) is 0 Å². The van der Waals surface area contributed by atoms with Gasteiger partial charge in [-0.2, -0.15) is 0 Å². The molecular weight excluding hydrogens is 222 g/mol. The van der Waals surface area contributed by atoms with E-state index < -0.39 is 5.60 Å². The molecule has 100 valence electrons.